The summed E-state index contributed by atoms with van der Waals surface area (Å²) in [5.74, 6) is -1.62. The van der Waals surface area contributed by atoms with Gasteiger partial charge in [-0.2, -0.15) is 13.2 Å². The Labute approximate surface area is 185 Å². The summed E-state index contributed by atoms with van der Waals surface area (Å²) in [6.45, 7) is 6.76. The molecule has 1 aromatic rings. The van der Waals surface area contributed by atoms with E-state index in [1.165, 1.54) is 0 Å². The molecule has 1 aromatic carbocycles. The van der Waals surface area contributed by atoms with Crippen LogP contribution in [0.25, 0.3) is 0 Å². The molecule has 0 radical (unpaired) electrons. The van der Waals surface area contributed by atoms with Crippen LogP contribution < -0.4 is 16.0 Å². The van der Waals surface area contributed by atoms with Crippen molar-refractivity contribution in [1.82, 2.24) is 16.0 Å². The summed E-state index contributed by atoms with van der Waals surface area (Å²) in [7, 11) is 0. The molecule has 0 atom stereocenters. The summed E-state index contributed by atoms with van der Waals surface area (Å²) >= 11 is 0. The fourth-order valence-corrected chi connectivity index (χ4v) is 3.55. The van der Waals surface area contributed by atoms with Gasteiger partial charge in [0.2, 0.25) is 0 Å². The van der Waals surface area contributed by atoms with Crippen molar-refractivity contribution < 1.29 is 31.9 Å². The van der Waals surface area contributed by atoms with Gasteiger partial charge in [0.25, 0.3) is 5.91 Å². The van der Waals surface area contributed by atoms with Gasteiger partial charge in [-0.05, 0) is 70.6 Å². The Bertz CT molecular complexity index is 786. The van der Waals surface area contributed by atoms with Crippen molar-refractivity contribution in [2.24, 2.45) is 5.92 Å². The Balaban J connectivity index is 1.68. The van der Waals surface area contributed by atoms with E-state index in [1.54, 1.807) is 20.8 Å². The third-order valence-corrected chi connectivity index (χ3v) is 5.11. The number of ether oxygens (including phenoxy) is 1. The van der Waals surface area contributed by atoms with Crippen LogP contribution in [0, 0.1) is 11.7 Å². The van der Waals surface area contributed by atoms with Crippen LogP contribution in [0.3, 0.4) is 0 Å². The fraction of sp³-hybridized carbons (Fsp3) is 0.636. The summed E-state index contributed by atoms with van der Waals surface area (Å²) in [4.78, 5) is 23.8. The van der Waals surface area contributed by atoms with Gasteiger partial charge >= 0.3 is 12.3 Å². The molecule has 10 heteroatoms. The van der Waals surface area contributed by atoms with Gasteiger partial charge in [0.1, 0.15) is 11.4 Å². The normalized spacial score (nSPS) is 19.3. The van der Waals surface area contributed by atoms with E-state index in [0.29, 0.717) is 37.8 Å². The lowest BCUT2D eigenvalue weighted by Crippen LogP contribution is -2.41. The van der Waals surface area contributed by atoms with Crippen molar-refractivity contribution in [2.75, 3.05) is 19.6 Å². The topological polar surface area (TPSA) is 79.5 Å². The van der Waals surface area contributed by atoms with E-state index in [2.05, 4.69) is 16.0 Å². The molecule has 2 amide bonds. The van der Waals surface area contributed by atoms with Crippen LogP contribution in [0.4, 0.5) is 22.4 Å². The number of carbonyl (C=O) groups excluding carboxylic acids is 2. The van der Waals surface area contributed by atoms with E-state index in [0.717, 1.165) is 31.7 Å². The maximum atomic E-state index is 13.5. The van der Waals surface area contributed by atoms with E-state index < -0.39 is 35.2 Å². The van der Waals surface area contributed by atoms with E-state index in [9.17, 15) is 27.2 Å². The molecule has 1 saturated carbocycles. The van der Waals surface area contributed by atoms with Crippen molar-refractivity contribution in [3.63, 3.8) is 0 Å². The van der Waals surface area contributed by atoms with Crippen LogP contribution in [0.1, 0.15) is 62.4 Å². The predicted octanol–water partition coefficient (Wildman–Crippen LogP) is 4.25. The van der Waals surface area contributed by atoms with E-state index in [4.69, 9.17) is 4.74 Å². The van der Waals surface area contributed by atoms with Gasteiger partial charge < -0.3 is 20.7 Å². The lowest BCUT2D eigenvalue weighted by Gasteiger charge is -2.29. The minimum Gasteiger partial charge on any atom is -0.444 e. The predicted molar refractivity (Wildman–Crippen MR) is 112 cm³/mol. The number of benzene rings is 1. The standard InChI is InChI=1S/C22H31F4N3O3/c1-21(2,3)32-20(31)28-9-8-27-18-6-4-14(5-7-18)13-29-19(30)15-10-16(22(24,25)26)12-17(23)11-15/h10-12,14,18,27H,4-9,13H2,1-3H3,(H,28,31)(H,29,30). The second-order valence-electron chi connectivity index (χ2n) is 9.04. The van der Waals surface area contributed by atoms with E-state index in [-0.39, 0.29) is 11.5 Å². The van der Waals surface area contributed by atoms with Gasteiger partial charge in [-0.15, -0.1) is 0 Å². The monoisotopic (exact) mass is 461 g/mol. The summed E-state index contributed by atoms with van der Waals surface area (Å²) in [6, 6.07) is 2.12. The van der Waals surface area contributed by atoms with Crippen molar-refractivity contribution in [3.8, 4) is 0 Å². The van der Waals surface area contributed by atoms with Gasteiger partial charge in [-0.1, -0.05) is 0 Å². The average molecular weight is 462 g/mol. The molecule has 6 nitrogen and oxygen atoms in total. The number of amides is 2. The molecular formula is C22H31F4N3O3. The van der Waals surface area contributed by atoms with Crippen LogP contribution in [0.15, 0.2) is 18.2 Å². The Hall–Kier alpha value is -2.36. The molecular weight excluding hydrogens is 430 g/mol. The molecule has 0 spiro atoms. The van der Waals surface area contributed by atoms with E-state index in [1.807, 2.05) is 0 Å². The van der Waals surface area contributed by atoms with Gasteiger partial charge in [-0.25, -0.2) is 9.18 Å². The zero-order chi connectivity index (χ0) is 23.9. The lowest BCUT2D eigenvalue weighted by molar-refractivity contribution is -0.137. The summed E-state index contributed by atoms with van der Waals surface area (Å²) in [5, 5.41) is 8.67. The number of halogens is 4. The molecule has 0 aliphatic heterocycles. The first-order valence-corrected chi connectivity index (χ1v) is 10.7. The molecule has 3 N–H and O–H groups in total. The molecule has 1 fully saturated rings. The highest BCUT2D eigenvalue weighted by molar-refractivity contribution is 5.94. The first kappa shape index (κ1) is 25.9. The molecule has 0 saturated heterocycles. The number of alkyl halides is 3. The Morgan fingerprint density at radius 3 is 2.25 bits per heavy atom. The fourth-order valence-electron chi connectivity index (χ4n) is 3.55. The zero-order valence-corrected chi connectivity index (χ0v) is 18.6. The highest BCUT2D eigenvalue weighted by Gasteiger charge is 2.32. The van der Waals surface area contributed by atoms with Crippen molar-refractivity contribution in [3.05, 3.63) is 35.1 Å². The minimum atomic E-state index is -4.72. The highest BCUT2D eigenvalue weighted by Crippen LogP contribution is 2.30. The van der Waals surface area contributed by atoms with Crippen LogP contribution in [-0.4, -0.2) is 43.3 Å². The molecule has 180 valence electrons. The smallest absolute Gasteiger partial charge is 0.416 e. The number of rotatable bonds is 7. The summed E-state index contributed by atoms with van der Waals surface area (Å²) in [6.07, 6.45) is -1.73. The maximum absolute atomic E-state index is 13.5. The van der Waals surface area contributed by atoms with Gasteiger partial charge in [0, 0.05) is 31.2 Å². The second kappa shape index (κ2) is 11.0. The van der Waals surface area contributed by atoms with Crippen LogP contribution >= 0.6 is 0 Å². The van der Waals surface area contributed by atoms with Gasteiger partial charge in [-0.3, -0.25) is 4.79 Å². The van der Waals surface area contributed by atoms with Crippen LogP contribution in [0.2, 0.25) is 0 Å². The van der Waals surface area contributed by atoms with Crippen LogP contribution in [0.5, 0.6) is 0 Å². The molecule has 2 rings (SSSR count). The number of hydrogen-bond acceptors (Lipinski definition) is 4. The molecule has 0 unspecified atom stereocenters. The van der Waals surface area contributed by atoms with Gasteiger partial charge in [0.15, 0.2) is 0 Å². The molecule has 0 bridgehead atoms. The van der Waals surface area contributed by atoms with E-state index >= 15 is 0 Å². The average Bonchev–Trinajstić information content (AvgIpc) is 2.68. The summed E-state index contributed by atoms with van der Waals surface area (Å²) in [5.41, 5.74) is -2.07. The van der Waals surface area contributed by atoms with Crippen LogP contribution in [-0.2, 0) is 10.9 Å². The lowest BCUT2D eigenvalue weighted by atomic mass is 9.86. The molecule has 1 aliphatic carbocycles. The zero-order valence-electron chi connectivity index (χ0n) is 18.6. The molecule has 0 aromatic heterocycles. The maximum Gasteiger partial charge on any atom is 0.416 e. The first-order valence-electron chi connectivity index (χ1n) is 10.7. The number of hydrogen-bond donors (Lipinski definition) is 3. The van der Waals surface area contributed by atoms with Gasteiger partial charge in [0.05, 0.1) is 5.56 Å². The minimum absolute atomic E-state index is 0.201. The van der Waals surface area contributed by atoms with Crippen molar-refractivity contribution in [1.29, 1.82) is 0 Å². The number of carbonyl (C=O) groups is 2. The van der Waals surface area contributed by atoms with Crippen molar-refractivity contribution >= 4 is 12.0 Å². The highest BCUT2D eigenvalue weighted by atomic mass is 19.4. The SMILES string of the molecule is CC(C)(C)OC(=O)NCCNC1CCC(CNC(=O)c2cc(F)cc(C(F)(F)F)c2)CC1. The van der Waals surface area contributed by atoms with Crippen molar-refractivity contribution in [2.45, 2.75) is 64.3 Å². The number of nitrogens with one attached hydrogen (secondary N) is 3. The molecule has 1 aliphatic rings. The third kappa shape index (κ3) is 9.02. The second-order valence-corrected chi connectivity index (χ2v) is 9.04. The largest absolute Gasteiger partial charge is 0.444 e. The quantitative estimate of drug-likeness (QED) is 0.419. The molecule has 32 heavy (non-hydrogen) atoms. The Morgan fingerprint density at radius 1 is 1.00 bits per heavy atom. The Kier molecular flexibility index (Phi) is 8.89. The Morgan fingerprint density at radius 2 is 1.66 bits per heavy atom. The summed E-state index contributed by atoms with van der Waals surface area (Å²) < 4.78 is 57.1. The molecule has 0 heterocycles. The first-order chi connectivity index (χ1) is 14.8. The third-order valence-electron chi connectivity index (χ3n) is 5.11. The number of alkyl carbamates (subject to hydrolysis) is 1.